The van der Waals surface area contributed by atoms with E-state index in [0.29, 0.717) is 36.0 Å². The molecule has 0 bridgehead atoms. The Morgan fingerprint density at radius 2 is 1.75 bits per heavy atom. The Balaban J connectivity index is 2.17. The van der Waals surface area contributed by atoms with Crippen LogP contribution in [0.25, 0.3) is 0 Å². The molecule has 3 N–H and O–H groups in total. The number of anilines is 1. The highest BCUT2D eigenvalue weighted by molar-refractivity contribution is 5.99. The molecule has 0 saturated heterocycles. The van der Waals surface area contributed by atoms with Crippen molar-refractivity contribution in [3.8, 4) is 11.5 Å². The van der Waals surface area contributed by atoms with Crippen molar-refractivity contribution in [1.29, 1.82) is 0 Å². The highest BCUT2D eigenvalue weighted by Crippen LogP contribution is 2.30. The second-order valence-corrected chi connectivity index (χ2v) is 5.35. The van der Waals surface area contributed by atoms with Gasteiger partial charge in [-0.3, -0.25) is 4.79 Å². The number of ether oxygens (including phenoxy) is 2. The molecule has 0 aliphatic rings. The van der Waals surface area contributed by atoms with E-state index in [-0.39, 0.29) is 11.9 Å². The largest absolute Gasteiger partial charge is 0.490 e. The smallest absolute Gasteiger partial charge is 0.253 e. The van der Waals surface area contributed by atoms with E-state index in [9.17, 15) is 4.79 Å². The lowest BCUT2D eigenvalue weighted by atomic mass is 10.1. The maximum absolute atomic E-state index is 12.4. The third-order valence-corrected chi connectivity index (χ3v) is 3.62. The van der Waals surface area contributed by atoms with Crippen molar-refractivity contribution in [3.63, 3.8) is 0 Å². The maximum Gasteiger partial charge on any atom is 0.253 e. The van der Waals surface area contributed by atoms with Gasteiger partial charge in [0.1, 0.15) is 0 Å². The lowest BCUT2D eigenvalue weighted by Gasteiger charge is -2.18. The maximum atomic E-state index is 12.4. The number of hydrogen-bond donors (Lipinski definition) is 2. The number of hydrogen-bond acceptors (Lipinski definition) is 4. The molecule has 0 aromatic heterocycles. The zero-order valence-corrected chi connectivity index (χ0v) is 14.3. The third-order valence-electron chi connectivity index (χ3n) is 3.62. The molecule has 128 valence electrons. The number of benzene rings is 2. The van der Waals surface area contributed by atoms with Crippen LogP contribution in [0.1, 0.15) is 42.7 Å². The van der Waals surface area contributed by atoms with Crippen LogP contribution in [0.4, 0.5) is 5.69 Å². The normalized spacial score (nSPS) is 11.6. The molecule has 2 rings (SSSR count). The molecule has 0 aliphatic carbocycles. The number of carbonyl (C=O) groups is 1. The molecule has 24 heavy (non-hydrogen) atoms. The van der Waals surface area contributed by atoms with Crippen molar-refractivity contribution in [2.45, 2.75) is 26.8 Å². The first-order valence-electron chi connectivity index (χ1n) is 8.11. The lowest BCUT2D eigenvalue weighted by Crippen LogP contribution is -2.27. The average molecular weight is 328 g/mol. The number of carbonyl (C=O) groups excluding carboxylic acids is 1. The fourth-order valence-corrected chi connectivity index (χ4v) is 2.40. The first-order chi connectivity index (χ1) is 11.6. The molecule has 1 unspecified atom stereocenters. The van der Waals surface area contributed by atoms with Crippen molar-refractivity contribution < 1.29 is 14.3 Å². The minimum Gasteiger partial charge on any atom is -0.490 e. The van der Waals surface area contributed by atoms with Crippen LogP contribution < -0.4 is 20.5 Å². The fourth-order valence-electron chi connectivity index (χ4n) is 2.40. The Labute approximate surface area is 142 Å². The average Bonchev–Trinajstić information content (AvgIpc) is 2.57. The summed E-state index contributed by atoms with van der Waals surface area (Å²) < 4.78 is 11.2. The molecule has 2 aromatic carbocycles. The minimum absolute atomic E-state index is 0.188. The van der Waals surface area contributed by atoms with Gasteiger partial charge in [0.2, 0.25) is 0 Å². The molecule has 0 heterocycles. The molecule has 1 atom stereocenters. The second kappa shape index (κ2) is 8.24. The van der Waals surface area contributed by atoms with Gasteiger partial charge in [-0.25, -0.2) is 0 Å². The van der Waals surface area contributed by atoms with E-state index in [0.717, 1.165) is 5.56 Å². The van der Waals surface area contributed by atoms with E-state index >= 15 is 0 Å². The number of para-hydroxylation sites is 1. The summed E-state index contributed by atoms with van der Waals surface area (Å²) in [5.41, 5.74) is 7.72. The number of nitrogens with two attached hydrogens (primary N) is 1. The van der Waals surface area contributed by atoms with Gasteiger partial charge >= 0.3 is 0 Å². The Morgan fingerprint density at radius 3 is 2.42 bits per heavy atom. The predicted molar refractivity (Wildman–Crippen MR) is 95.5 cm³/mol. The van der Waals surface area contributed by atoms with Crippen molar-refractivity contribution in [1.82, 2.24) is 5.32 Å². The van der Waals surface area contributed by atoms with E-state index < -0.39 is 0 Å². The van der Waals surface area contributed by atoms with E-state index in [2.05, 4.69) is 5.32 Å². The Kier molecular flexibility index (Phi) is 6.07. The van der Waals surface area contributed by atoms with Gasteiger partial charge in [0, 0.05) is 5.69 Å². The van der Waals surface area contributed by atoms with Gasteiger partial charge in [-0.1, -0.05) is 18.2 Å². The summed E-state index contributed by atoms with van der Waals surface area (Å²) in [5, 5.41) is 2.96. The topological polar surface area (TPSA) is 73.6 Å². The Morgan fingerprint density at radius 1 is 1.08 bits per heavy atom. The van der Waals surface area contributed by atoms with Crippen molar-refractivity contribution >= 4 is 11.6 Å². The first kappa shape index (κ1) is 17.7. The molecule has 5 nitrogen and oxygen atoms in total. The zero-order chi connectivity index (χ0) is 17.5. The van der Waals surface area contributed by atoms with E-state index in [4.69, 9.17) is 15.2 Å². The van der Waals surface area contributed by atoms with Crippen LogP contribution in [0.15, 0.2) is 42.5 Å². The van der Waals surface area contributed by atoms with E-state index in [1.165, 1.54) is 0 Å². The highest BCUT2D eigenvalue weighted by Gasteiger charge is 2.15. The fraction of sp³-hybridized carbons (Fsp3) is 0.316. The quantitative estimate of drug-likeness (QED) is 0.762. The monoisotopic (exact) mass is 328 g/mol. The number of nitrogen functional groups attached to an aromatic ring is 1. The van der Waals surface area contributed by atoms with Crippen LogP contribution in [-0.4, -0.2) is 19.1 Å². The first-order valence-corrected chi connectivity index (χ1v) is 8.11. The summed E-state index contributed by atoms with van der Waals surface area (Å²) in [6, 6.07) is 12.5. The van der Waals surface area contributed by atoms with E-state index in [1.807, 2.05) is 39.0 Å². The highest BCUT2D eigenvalue weighted by atomic mass is 16.5. The van der Waals surface area contributed by atoms with Gasteiger partial charge in [-0.05, 0) is 50.6 Å². The molecule has 0 radical (unpaired) electrons. The Bertz CT molecular complexity index is 701. The SMILES string of the molecule is CCOc1ccc(C(C)NC(=O)c2ccccc2N)cc1OCC. The molecule has 0 aliphatic heterocycles. The van der Waals surface area contributed by atoms with Crippen LogP contribution in [0.3, 0.4) is 0 Å². The summed E-state index contributed by atoms with van der Waals surface area (Å²) in [7, 11) is 0. The summed E-state index contributed by atoms with van der Waals surface area (Å²) in [5.74, 6) is 1.18. The van der Waals surface area contributed by atoms with Gasteiger partial charge in [0.25, 0.3) is 5.91 Å². The van der Waals surface area contributed by atoms with Crippen molar-refractivity contribution in [2.75, 3.05) is 18.9 Å². The number of nitrogens with one attached hydrogen (secondary N) is 1. The Hall–Kier alpha value is -2.69. The lowest BCUT2D eigenvalue weighted by molar-refractivity contribution is 0.0940. The molecule has 1 amide bonds. The summed E-state index contributed by atoms with van der Waals surface area (Å²) in [6.07, 6.45) is 0. The summed E-state index contributed by atoms with van der Waals surface area (Å²) in [6.45, 7) is 6.88. The van der Waals surface area contributed by atoms with Crippen LogP contribution in [-0.2, 0) is 0 Å². The molecule has 0 spiro atoms. The molecular formula is C19H24N2O3. The summed E-state index contributed by atoms with van der Waals surface area (Å²) >= 11 is 0. The summed E-state index contributed by atoms with van der Waals surface area (Å²) in [4.78, 5) is 12.4. The van der Waals surface area contributed by atoms with Crippen LogP contribution in [0, 0.1) is 0 Å². The van der Waals surface area contributed by atoms with Crippen LogP contribution >= 0.6 is 0 Å². The second-order valence-electron chi connectivity index (χ2n) is 5.35. The van der Waals surface area contributed by atoms with E-state index in [1.54, 1.807) is 24.3 Å². The van der Waals surface area contributed by atoms with Gasteiger partial charge in [-0.2, -0.15) is 0 Å². The zero-order valence-electron chi connectivity index (χ0n) is 14.3. The standard InChI is InChI=1S/C19H24N2O3/c1-4-23-17-11-10-14(12-18(17)24-5-2)13(3)21-19(22)15-8-6-7-9-16(15)20/h6-13H,4-5,20H2,1-3H3,(H,21,22). The molecule has 2 aromatic rings. The number of rotatable bonds is 7. The van der Waals surface area contributed by atoms with Crippen LogP contribution in [0.2, 0.25) is 0 Å². The third kappa shape index (κ3) is 4.19. The van der Waals surface area contributed by atoms with Crippen molar-refractivity contribution in [2.24, 2.45) is 0 Å². The van der Waals surface area contributed by atoms with Crippen molar-refractivity contribution in [3.05, 3.63) is 53.6 Å². The predicted octanol–water partition coefficient (Wildman–Crippen LogP) is 3.56. The molecule has 0 saturated carbocycles. The van der Waals surface area contributed by atoms with Gasteiger partial charge in [0.05, 0.1) is 24.8 Å². The van der Waals surface area contributed by atoms with Gasteiger partial charge in [0.15, 0.2) is 11.5 Å². The molecule has 5 heteroatoms. The van der Waals surface area contributed by atoms with Gasteiger partial charge < -0.3 is 20.5 Å². The molecular weight excluding hydrogens is 304 g/mol. The van der Waals surface area contributed by atoms with Gasteiger partial charge in [-0.15, -0.1) is 0 Å². The molecule has 0 fully saturated rings. The minimum atomic E-state index is -0.201. The number of amides is 1. The van der Waals surface area contributed by atoms with Crippen LogP contribution in [0.5, 0.6) is 11.5 Å².